The summed E-state index contributed by atoms with van der Waals surface area (Å²) in [5.41, 5.74) is 2.61. The van der Waals surface area contributed by atoms with Crippen LogP contribution < -0.4 is 0 Å². The lowest BCUT2D eigenvalue weighted by Gasteiger charge is -2.23. The number of methoxy groups -OCH3 is 1. The van der Waals surface area contributed by atoms with E-state index in [2.05, 4.69) is 4.98 Å². The summed E-state index contributed by atoms with van der Waals surface area (Å²) in [5.74, 6) is 0.784. The van der Waals surface area contributed by atoms with Crippen molar-refractivity contribution in [1.82, 2.24) is 4.98 Å². The minimum Gasteiger partial charge on any atom is -0.508 e. The predicted molar refractivity (Wildman–Crippen MR) is 72.9 cm³/mol. The molecule has 1 saturated carbocycles. The van der Waals surface area contributed by atoms with Gasteiger partial charge in [0.15, 0.2) is 5.58 Å². The molecule has 1 N–H and O–H groups in total. The zero-order valence-corrected chi connectivity index (χ0v) is 10.9. The van der Waals surface area contributed by atoms with Crippen molar-refractivity contribution in [2.75, 3.05) is 7.11 Å². The Morgan fingerprint density at radius 2 is 2.32 bits per heavy atom. The Morgan fingerprint density at radius 1 is 1.42 bits per heavy atom. The topological polar surface area (TPSA) is 55.5 Å². The number of oxazole rings is 1. The average molecular weight is 259 g/mol. The summed E-state index contributed by atoms with van der Waals surface area (Å²) >= 11 is 0. The van der Waals surface area contributed by atoms with Crippen LogP contribution in [0.4, 0.5) is 0 Å². The van der Waals surface area contributed by atoms with E-state index in [9.17, 15) is 5.11 Å². The summed E-state index contributed by atoms with van der Waals surface area (Å²) in [5, 5.41) is 9.42. The van der Waals surface area contributed by atoms with E-state index in [1.807, 2.05) is 6.08 Å². The van der Waals surface area contributed by atoms with Gasteiger partial charge in [-0.2, -0.15) is 0 Å². The van der Waals surface area contributed by atoms with E-state index in [-0.39, 0.29) is 11.9 Å². The van der Waals surface area contributed by atoms with Crippen LogP contribution in [0.5, 0.6) is 5.75 Å². The van der Waals surface area contributed by atoms with E-state index in [0.717, 1.165) is 12.8 Å². The van der Waals surface area contributed by atoms with E-state index in [0.29, 0.717) is 17.0 Å². The molecule has 4 heteroatoms. The lowest BCUT2D eigenvalue weighted by molar-refractivity contribution is 0.110. The number of phenols is 1. The van der Waals surface area contributed by atoms with Crippen molar-refractivity contribution in [3.63, 3.8) is 0 Å². The smallest absolute Gasteiger partial charge is 0.220 e. The van der Waals surface area contributed by atoms with Gasteiger partial charge in [0.25, 0.3) is 0 Å². The first kappa shape index (κ1) is 12.2. The molecule has 0 amide bonds. The third-order valence-corrected chi connectivity index (χ3v) is 3.58. The summed E-state index contributed by atoms with van der Waals surface area (Å²) in [6.07, 6.45) is 6.64. The van der Waals surface area contributed by atoms with E-state index in [1.54, 1.807) is 25.3 Å². The SMILES string of the molecule is COC1CCCC/C1=C/c1nc2cc(O)ccc2o1. The molecule has 1 aromatic carbocycles. The minimum atomic E-state index is 0.178. The number of hydrogen-bond donors (Lipinski definition) is 1. The zero-order valence-electron chi connectivity index (χ0n) is 10.9. The molecule has 1 aliphatic rings. The van der Waals surface area contributed by atoms with Crippen LogP contribution in [0.25, 0.3) is 17.2 Å². The molecule has 1 atom stereocenters. The van der Waals surface area contributed by atoms with Gasteiger partial charge in [0.2, 0.25) is 5.89 Å². The normalized spacial score (nSPS) is 22.2. The summed E-state index contributed by atoms with van der Waals surface area (Å²) < 4.78 is 11.2. The number of phenolic OH excluding ortho intramolecular Hbond substituents is 1. The standard InChI is InChI=1S/C15H17NO3/c1-18-13-5-3-2-4-10(13)8-15-16-12-9-11(17)6-7-14(12)19-15/h6-9,13,17H,2-5H2,1H3/b10-8-. The van der Waals surface area contributed by atoms with Gasteiger partial charge in [0.1, 0.15) is 11.3 Å². The number of aromatic hydroxyl groups is 1. The first-order valence-electron chi connectivity index (χ1n) is 6.59. The van der Waals surface area contributed by atoms with Crippen molar-refractivity contribution in [2.24, 2.45) is 0 Å². The van der Waals surface area contributed by atoms with Gasteiger partial charge in [-0.3, -0.25) is 0 Å². The largest absolute Gasteiger partial charge is 0.508 e. The van der Waals surface area contributed by atoms with Crippen LogP contribution in [0.2, 0.25) is 0 Å². The molecule has 3 rings (SSSR count). The molecule has 100 valence electrons. The fourth-order valence-electron chi connectivity index (χ4n) is 2.59. The van der Waals surface area contributed by atoms with Crippen LogP contribution in [-0.2, 0) is 4.74 Å². The molecule has 1 unspecified atom stereocenters. The van der Waals surface area contributed by atoms with Gasteiger partial charge < -0.3 is 14.3 Å². The fourth-order valence-corrected chi connectivity index (χ4v) is 2.59. The van der Waals surface area contributed by atoms with E-state index >= 15 is 0 Å². The lowest BCUT2D eigenvalue weighted by Crippen LogP contribution is -2.17. The van der Waals surface area contributed by atoms with Crippen LogP contribution in [-0.4, -0.2) is 23.3 Å². The molecule has 0 saturated heterocycles. The van der Waals surface area contributed by atoms with Crippen LogP contribution in [0.3, 0.4) is 0 Å². The van der Waals surface area contributed by atoms with Gasteiger partial charge in [0, 0.05) is 19.3 Å². The Kier molecular flexibility index (Phi) is 3.25. The van der Waals surface area contributed by atoms with Crippen molar-refractivity contribution >= 4 is 17.2 Å². The maximum absolute atomic E-state index is 9.42. The Labute approximate surface area is 111 Å². The van der Waals surface area contributed by atoms with Crippen molar-refractivity contribution in [1.29, 1.82) is 0 Å². The summed E-state index contributed by atoms with van der Waals surface area (Å²) in [6, 6.07) is 4.94. The lowest BCUT2D eigenvalue weighted by atomic mass is 9.92. The maximum atomic E-state index is 9.42. The molecule has 1 aliphatic carbocycles. The second-order valence-electron chi connectivity index (χ2n) is 4.89. The van der Waals surface area contributed by atoms with E-state index in [1.165, 1.54) is 18.4 Å². The van der Waals surface area contributed by atoms with Crippen LogP contribution in [0.1, 0.15) is 31.6 Å². The molecule has 1 heterocycles. The predicted octanol–water partition coefficient (Wildman–Crippen LogP) is 3.51. The third-order valence-electron chi connectivity index (χ3n) is 3.58. The average Bonchev–Trinajstić information content (AvgIpc) is 2.80. The first-order valence-corrected chi connectivity index (χ1v) is 6.59. The Balaban J connectivity index is 1.95. The quantitative estimate of drug-likeness (QED) is 0.896. The van der Waals surface area contributed by atoms with Gasteiger partial charge in [-0.1, -0.05) is 6.42 Å². The number of ether oxygens (including phenoxy) is 1. The number of fused-ring (bicyclic) bond motifs is 1. The molecular formula is C15H17NO3. The van der Waals surface area contributed by atoms with Crippen LogP contribution in [0.15, 0.2) is 28.2 Å². The number of benzene rings is 1. The summed E-state index contributed by atoms with van der Waals surface area (Å²) in [6.45, 7) is 0. The van der Waals surface area contributed by atoms with Crippen molar-refractivity contribution in [2.45, 2.75) is 31.8 Å². The van der Waals surface area contributed by atoms with Gasteiger partial charge in [0.05, 0.1) is 6.10 Å². The fraction of sp³-hybridized carbons (Fsp3) is 0.400. The Hall–Kier alpha value is -1.81. The van der Waals surface area contributed by atoms with Crippen LogP contribution >= 0.6 is 0 Å². The van der Waals surface area contributed by atoms with Gasteiger partial charge in [-0.25, -0.2) is 4.98 Å². The van der Waals surface area contributed by atoms with E-state index < -0.39 is 0 Å². The molecule has 19 heavy (non-hydrogen) atoms. The van der Waals surface area contributed by atoms with Crippen molar-refractivity contribution in [3.8, 4) is 5.75 Å². The summed E-state index contributed by atoms with van der Waals surface area (Å²) in [4.78, 5) is 4.38. The highest BCUT2D eigenvalue weighted by Crippen LogP contribution is 2.28. The highest BCUT2D eigenvalue weighted by Gasteiger charge is 2.19. The van der Waals surface area contributed by atoms with Crippen molar-refractivity contribution < 1.29 is 14.3 Å². The van der Waals surface area contributed by atoms with Gasteiger partial charge >= 0.3 is 0 Å². The molecular weight excluding hydrogens is 242 g/mol. The maximum Gasteiger partial charge on any atom is 0.220 e. The molecule has 0 bridgehead atoms. The molecule has 2 aromatic rings. The molecule has 4 nitrogen and oxygen atoms in total. The van der Waals surface area contributed by atoms with Gasteiger partial charge in [-0.05, 0) is 37.0 Å². The van der Waals surface area contributed by atoms with Gasteiger partial charge in [-0.15, -0.1) is 0 Å². The summed E-state index contributed by atoms with van der Waals surface area (Å²) in [7, 11) is 1.74. The third kappa shape index (κ3) is 2.49. The highest BCUT2D eigenvalue weighted by molar-refractivity contribution is 5.75. The minimum absolute atomic E-state index is 0.178. The molecule has 1 fully saturated rings. The number of aromatic nitrogens is 1. The number of hydrogen-bond acceptors (Lipinski definition) is 4. The second kappa shape index (κ2) is 5.05. The second-order valence-corrected chi connectivity index (χ2v) is 4.89. The Bertz CT molecular complexity index is 615. The highest BCUT2D eigenvalue weighted by atomic mass is 16.5. The monoisotopic (exact) mass is 259 g/mol. The number of rotatable bonds is 2. The van der Waals surface area contributed by atoms with Crippen LogP contribution in [0, 0.1) is 0 Å². The molecule has 0 aliphatic heterocycles. The first-order chi connectivity index (χ1) is 9.26. The number of nitrogens with zero attached hydrogens (tertiary/aromatic N) is 1. The van der Waals surface area contributed by atoms with Crippen molar-refractivity contribution in [3.05, 3.63) is 29.7 Å². The molecule has 0 spiro atoms. The van der Waals surface area contributed by atoms with E-state index in [4.69, 9.17) is 9.15 Å². The Morgan fingerprint density at radius 3 is 3.16 bits per heavy atom. The molecule has 1 aromatic heterocycles. The zero-order chi connectivity index (χ0) is 13.2. The molecule has 0 radical (unpaired) electrons.